The lowest BCUT2D eigenvalue weighted by Gasteiger charge is -1.94. The van der Waals surface area contributed by atoms with Crippen LogP contribution in [-0.4, -0.2) is 23.5 Å². The predicted molar refractivity (Wildman–Crippen MR) is 61.1 cm³/mol. The fourth-order valence-corrected chi connectivity index (χ4v) is 1.42. The fourth-order valence-electron chi connectivity index (χ4n) is 1.42. The summed E-state index contributed by atoms with van der Waals surface area (Å²) in [4.78, 5) is 22.5. The number of carbonyl (C=O) groups excluding carboxylic acids is 2. The van der Waals surface area contributed by atoms with Crippen LogP contribution in [0.5, 0.6) is 0 Å². The molecule has 0 spiro atoms. The van der Waals surface area contributed by atoms with Crippen molar-refractivity contribution in [2.75, 3.05) is 6.61 Å². The van der Waals surface area contributed by atoms with Crippen molar-refractivity contribution in [3.63, 3.8) is 0 Å². The van der Waals surface area contributed by atoms with Gasteiger partial charge < -0.3 is 9.84 Å². The molecule has 86 valence electrons. The van der Waals surface area contributed by atoms with Crippen LogP contribution < -0.4 is 0 Å². The van der Waals surface area contributed by atoms with Gasteiger partial charge >= 0.3 is 5.97 Å². The Hall–Kier alpha value is -2.36. The average molecular weight is 230 g/mol. The van der Waals surface area contributed by atoms with E-state index in [2.05, 4.69) is 4.74 Å². The molecule has 0 atom stereocenters. The van der Waals surface area contributed by atoms with E-state index in [4.69, 9.17) is 0 Å². The van der Waals surface area contributed by atoms with E-state index in [0.29, 0.717) is 0 Å². The number of allylic oxidation sites excluding steroid dienone is 1. The Kier molecular flexibility index (Phi) is 3.05. The monoisotopic (exact) mass is 230 g/mol. The number of carbonyl (C=O) groups is 2. The van der Waals surface area contributed by atoms with Crippen LogP contribution in [0.4, 0.5) is 0 Å². The topological polar surface area (TPSA) is 63.6 Å². The summed E-state index contributed by atoms with van der Waals surface area (Å²) in [5.41, 5.74) is 0.869. The normalized spacial score (nSPS) is 15.4. The third-order valence-corrected chi connectivity index (χ3v) is 2.35. The second-order valence-corrected chi connectivity index (χ2v) is 3.51. The zero-order valence-electron chi connectivity index (χ0n) is 8.92. The highest BCUT2D eigenvalue weighted by Crippen LogP contribution is 2.15. The number of rotatable bonds is 3. The molecular formula is C13H10O4. The van der Waals surface area contributed by atoms with E-state index in [1.807, 2.05) is 30.3 Å². The summed E-state index contributed by atoms with van der Waals surface area (Å²) in [6, 6.07) is 9.26. The minimum Gasteiger partial charge on any atom is -0.501 e. The molecule has 1 N–H and O–H groups in total. The fraction of sp³-hybridized carbons (Fsp3) is 0.0769. The Balaban J connectivity index is 2.13. The van der Waals surface area contributed by atoms with Gasteiger partial charge in [-0.15, -0.1) is 0 Å². The average Bonchev–Trinajstić information content (AvgIpc) is 2.69. The van der Waals surface area contributed by atoms with Gasteiger partial charge in [-0.05, 0) is 11.6 Å². The van der Waals surface area contributed by atoms with Gasteiger partial charge in [0.15, 0.2) is 5.78 Å². The molecule has 17 heavy (non-hydrogen) atoms. The van der Waals surface area contributed by atoms with Gasteiger partial charge in [0.05, 0.1) is 5.57 Å². The Labute approximate surface area is 97.8 Å². The van der Waals surface area contributed by atoms with Gasteiger partial charge in [-0.25, -0.2) is 4.79 Å². The molecule has 0 aliphatic carbocycles. The van der Waals surface area contributed by atoms with Crippen molar-refractivity contribution in [2.24, 2.45) is 0 Å². The first kappa shape index (κ1) is 11.1. The first-order chi connectivity index (χ1) is 8.18. The lowest BCUT2D eigenvalue weighted by atomic mass is 10.1. The predicted octanol–water partition coefficient (Wildman–Crippen LogP) is 1.64. The molecule has 1 aromatic rings. The standard InChI is InChI=1S/C13H10O4/c14-11(10-8-17-13(16)12(10)15)7-6-9-4-2-1-3-5-9/h1-7,15H,8H2/b7-6-. The van der Waals surface area contributed by atoms with Crippen molar-refractivity contribution in [3.8, 4) is 0 Å². The zero-order chi connectivity index (χ0) is 12.3. The summed E-state index contributed by atoms with van der Waals surface area (Å²) >= 11 is 0. The molecule has 0 aromatic heterocycles. The molecule has 1 aliphatic heterocycles. The van der Waals surface area contributed by atoms with Gasteiger partial charge in [-0.3, -0.25) is 4.79 Å². The number of hydrogen-bond donors (Lipinski definition) is 1. The number of hydrogen-bond acceptors (Lipinski definition) is 4. The summed E-state index contributed by atoms with van der Waals surface area (Å²) in [5, 5.41) is 9.28. The van der Waals surface area contributed by atoms with Crippen LogP contribution in [0.2, 0.25) is 0 Å². The highest BCUT2D eigenvalue weighted by Gasteiger charge is 2.27. The summed E-state index contributed by atoms with van der Waals surface area (Å²) in [7, 11) is 0. The van der Waals surface area contributed by atoms with E-state index in [-0.39, 0.29) is 12.2 Å². The number of cyclic esters (lactones) is 1. The van der Waals surface area contributed by atoms with Crippen molar-refractivity contribution in [1.82, 2.24) is 0 Å². The molecule has 0 saturated carbocycles. The quantitative estimate of drug-likeness (QED) is 0.633. The molecule has 1 aromatic carbocycles. The number of ether oxygens (including phenoxy) is 1. The molecule has 2 rings (SSSR count). The summed E-state index contributed by atoms with van der Waals surface area (Å²) in [5.74, 6) is -1.86. The summed E-state index contributed by atoms with van der Waals surface area (Å²) in [6.45, 7) is -0.164. The maximum Gasteiger partial charge on any atom is 0.374 e. The number of benzene rings is 1. The molecule has 0 radical (unpaired) electrons. The van der Waals surface area contributed by atoms with Crippen LogP contribution in [0.3, 0.4) is 0 Å². The first-order valence-electron chi connectivity index (χ1n) is 5.05. The molecule has 0 saturated heterocycles. The van der Waals surface area contributed by atoms with Crippen LogP contribution in [0, 0.1) is 0 Å². The van der Waals surface area contributed by atoms with Crippen molar-refractivity contribution < 1.29 is 19.4 Å². The van der Waals surface area contributed by atoms with Crippen molar-refractivity contribution >= 4 is 17.8 Å². The Morgan fingerprint density at radius 3 is 2.59 bits per heavy atom. The van der Waals surface area contributed by atoms with Crippen LogP contribution in [-0.2, 0) is 14.3 Å². The number of aliphatic hydroxyl groups is 1. The number of aliphatic hydroxyl groups excluding tert-OH is 1. The van der Waals surface area contributed by atoms with E-state index in [9.17, 15) is 14.7 Å². The van der Waals surface area contributed by atoms with E-state index in [1.165, 1.54) is 6.08 Å². The molecule has 0 amide bonds. The summed E-state index contributed by atoms with van der Waals surface area (Å²) < 4.78 is 4.53. The summed E-state index contributed by atoms with van der Waals surface area (Å²) in [6.07, 6.45) is 2.92. The second-order valence-electron chi connectivity index (χ2n) is 3.51. The maximum atomic E-state index is 11.6. The van der Waals surface area contributed by atoms with Gasteiger partial charge in [-0.1, -0.05) is 36.4 Å². The third kappa shape index (κ3) is 2.42. The molecule has 0 fully saturated rings. The maximum absolute atomic E-state index is 11.6. The number of esters is 1. The largest absolute Gasteiger partial charge is 0.501 e. The lowest BCUT2D eigenvalue weighted by molar-refractivity contribution is -0.138. The van der Waals surface area contributed by atoms with Gasteiger partial charge in [0.1, 0.15) is 6.61 Å². The molecule has 0 unspecified atom stereocenters. The highest BCUT2D eigenvalue weighted by atomic mass is 16.6. The minimum absolute atomic E-state index is 0.00202. The molecule has 0 bridgehead atoms. The van der Waals surface area contributed by atoms with E-state index >= 15 is 0 Å². The van der Waals surface area contributed by atoms with Gasteiger partial charge in [0.25, 0.3) is 0 Å². The Morgan fingerprint density at radius 1 is 1.29 bits per heavy atom. The van der Waals surface area contributed by atoms with Crippen molar-refractivity contribution in [1.29, 1.82) is 0 Å². The SMILES string of the molecule is O=C(/C=C\c1ccccc1)C1=C(O)C(=O)OC1. The Bertz CT molecular complexity index is 511. The van der Waals surface area contributed by atoms with E-state index < -0.39 is 17.5 Å². The van der Waals surface area contributed by atoms with Crippen molar-refractivity contribution in [2.45, 2.75) is 0 Å². The van der Waals surface area contributed by atoms with Gasteiger partial charge in [-0.2, -0.15) is 0 Å². The van der Waals surface area contributed by atoms with E-state index in [0.717, 1.165) is 5.56 Å². The van der Waals surface area contributed by atoms with Crippen LogP contribution in [0.25, 0.3) is 6.08 Å². The smallest absolute Gasteiger partial charge is 0.374 e. The molecule has 4 nitrogen and oxygen atoms in total. The second kappa shape index (κ2) is 4.65. The van der Waals surface area contributed by atoms with Gasteiger partial charge in [0, 0.05) is 0 Å². The molecule has 1 heterocycles. The Morgan fingerprint density at radius 2 is 2.00 bits per heavy atom. The zero-order valence-corrected chi connectivity index (χ0v) is 8.92. The molecule has 4 heteroatoms. The molecule has 1 aliphatic rings. The third-order valence-electron chi connectivity index (χ3n) is 2.35. The van der Waals surface area contributed by atoms with E-state index in [1.54, 1.807) is 6.08 Å². The van der Waals surface area contributed by atoms with Gasteiger partial charge in [0.2, 0.25) is 5.76 Å². The highest BCUT2D eigenvalue weighted by molar-refractivity contribution is 6.12. The lowest BCUT2D eigenvalue weighted by Crippen LogP contribution is -2.02. The van der Waals surface area contributed by atoms with Crippen LogP contribution in [0.1, 0.15) is 5.56 Å². The van der Waals surface area contributed by atoms with Crippen LogP contribution >= 0.6 is 0 Å². The minimum atomic E-state index is -0.846. The molecular weight excluding hydrogens is 220 g/mol. The first-order valence-corrected chi connectivity index (χ1v) is 5.05. The van der Waals surface area contributed by atoms with Crippen LogP contribution in [0.15, 0.2) is 47.7 Å². The van der Waals surface area contributed by atoms with Crippen molar-refractivity contribution in [3.05, 3.63) is 53.3 Å². The number of ketones is 1.